The number of oxazole rings is 1. The predicted octanol–water partition coefficient (Wildman–Crippen LogP) is 4.19. The molecule has 2 heterocycles. The van der Waals surface area contributed by atoms with Gasteiger partial charge in [-0.15, -0.1) is 12.6 Å². The zero-order valence-corrected chi connectivity index (χ0v) is 14.0. The molecule has 2 aromatic heterocycles. The highest BCUT2D eigenvalue weighted by Gasteiger charge is 2.13. The first-order chi connectivity index (χ1) is 12.3. The molecule has 0 saturated heterocycles. The number of methoxy groups -OCH3 is 1. The van der Waals surface area contributed by atoms with E-state index >= 15 is 0 Å². The van der Waals surface area contributed by atoms with E-state index in [1.165, 1.54) is 6.26 Å². The van der Waals surface area contributed by atoms with Gasteiger partial charge in [0.15, 0.2) is 11.3 Å². The number of benzene rings is 2. The Morgan fingerprint density at radius 2 is 2.04 bits per heavy atom. The van der Waals surface area contributed by atoms with Crippen LogP contribution in [0.15, 0.2) is 62.7 Å². The molecule has 1 N–H and O–H groups in total. The third-order valence-electron chi connectivity index (χ3n) is 3.59. The largest absolute Gasteiger partial charge is 0.495 e. The van der Waals surface area contributed by atoms with E-state index in [4.69, 9.17) is 18.5 Å². The van der Waals surface area contributed by atoms with E-state index in [0.717, 1.165) is 10.9 Å². The van der Waals surface area contributed by atoms with Gasteiger partial charge >= 0.3 is 0 Å². The fraction of sp³-hybridized carbons (Fsp3) is 0.0588. The van der Waals surface area contributed by atoms with Crippen LogP contribution in [0.5, 0.6) is 11.5 Å². The van der Waals surface area contributed by atoms with Crippen LogP contribution in [0.1, 0.15) is 0 Å². The predicted molar refractivity (Wildman–Crippen MR) is 94.0 cm³/mol. The zero-order chi connectivity index (χ0) is 17.2. The number of anilines is 1. The van der Waals surface area contributed by atoms with E-state index in [9.17, 15) is 0 Å². The van der Waals surface area contributed by atoms with E-state index in [-0.39, 0.29) is 0 Å². The number of fused-ring (bicyclic) bond motifs is 1. The van der Waals surface area contributed by atoms with Crippen LogP contribution < -0.4 is 15.1 Å². The molecule has 4 aromatic rings. The highest BCUT2D eigenvalue weighted by atomic mass is 32.1. The molecule has 0 unspecified atom stereocenters. The fourth-order valence-electron chi connectivity index (χ4n) is 2.36. The molecule has 4 rings (SSSR count). The number of aromatic nitrogens is 2. The average molecular weight is 355 g/mol. The molecule has 0 amide bonds. The molecule has 126 valence electrons. The minimum Gasteiger partial charge on any atom is -0.495 e. The summed E-state index contributed by atoms with van der Waals surface area (Å²) in [7, 11) is 1.57. The molecule has 0 aliphatic carbocycles. The van der Waals surface area contributed by atoms with Crippen molar-refractivity contribution in [3.8, 4) is 23.0 Å². The maximum atomic E-state index is 5.57. The van der Waals surface area contributed by atoms with Gasteiger partial charge in [-0.1, -0.05) is 11.2 Å². The molecule has 7 nitrogen and oxygen atoms in total. The molecule has 0 atom stereocenters. The lowest BCUT2D eigenvalue weighted by molar-refractivity contribution is 0.365. The van der Waals surface area contributed by atoms with Crippen LogP contribution in [0, 0.1) is 0 Å². The van der Waals surface area contributed by atoms with E-state index in [0.29, 0.717) is 33.7 Å². The Labute approximate surface area is 147 Å². The van der Waals surface area contributed by atoms with Crippen molar-refractivity contribution in [3.63, 3.8) is 0 Å². The molecule has 2 aromatic carbocycles. The summed E-state index contributed by atoms with van der Waals surface area (Å²) in [5.41, 5.74) is 4.16. The molecular weight excluding hydrogens is 342 g/mol. The smallest absolute Gasteiger partial charge is 0.225 e. The van der Waals surface area contributed by atoms with Gasteiger partial charge in [0, 0.05) is 5.56 Å². The number of ether oxygens (including phenoxy) is 1. The summed E-state index contributed by atoms with van der Waals surface area (Å²) in [6.07, 6.45) is 3.10. The summed E-state index contributed by atoms with van der Waals surface area (Å²) in [5, 5.41) is 4.75. The number of hydrogen-bond donors (Lipinski definition) is 2. The quantitative estimate of drug-likeness (QED) is 0.410. The number of nitrogens with one attached hydrogen (secondary N) is 1. The first kappa shape index (κ1) is 15.4. The van der Waals surface area contributed by atoms with Crippen molar-refractivity contribution >= 4 is 29.4 Å². The van der Waals surface area contributed by atoms with Crippen LogP contribution in [0.2, 0.25) is 0 Å². The summed E-state index contributed by atoms with van der Waals surface area (Å²) < 4.78 is 15.8. The number of rotatable bonds is 5. The maximum Gasteiger partial charge on any atom is 0.225 e. The second-order valence-corrected chi connectivity index (χ2v) is 5.54. The molecule has 8 heteroatoms. The van der Waals surface area contributed by atoms with Gasteiger partial charge in [0.1, 0.15) is 12.0 Å². The van der Waals surface area contributed by atoms with Gasteiger partial charge in [0.25, 0.3) is 0 Å². The van der Waals surface area contributed by atoms with Crippen molar-refractivity contribution in [2.45, 2.75) is 4.90 Å². The van der Waals surface area contributed by atoms with Gasteiger partial charge in [-0.3, -0.25) is 0 Å². The topological polar surface area (TPSA) is 82.5 Å². The van der Waals surface area contributed by atoms with Gasteiger partial charge in [0.2, 0.25) is 11.7 Å². The lowest BCUT2D eigenvalue weighted by Gasteiger charge is -2.10. The number of nitrogens with zero attached hydrogens (tertiary/aromatic N) is 2. The molecule has 0 saturated carbocycles. The average Bonchev–Trinajstić information content (AvgIpc) is 3.30. The molecule has 0 radical (unpaired) electrons. The second kappa shape index (κ2) is 6.40. The lowest BCUT2D eigenvalue weighted by Crippen LogP contribution is -2.06. The highest BCUT2D eigenvalue weighted by Crippen LogP contribution is 2.33. The Morgan fingerprint density at radius 3 is 2.84 bits per heavy atom. The first-order valence-corrected chi connectivity index (χ1v) is 7.79. The second-order valence-electron chi connectivity index (χ2n) is 5.09. The molecule has 0 aliphatic rings. The van der Waals surface area contributed by atoms with Gasteiger partial charge in [0.05, 0.1) is 23.6 Å². The van der Waals surface area contributed by atoms with Crippen LogP contribution in [0.4, 0.5) is 5.82 Å². The van der Waals surface area contributed by atoms with Gasteiger partial charge in [-0.2, -0.15) is 5.48 Å². The van der Waals surface area contributed by atoms with Gasteiger partial charge in [-0.25, -0.2) is 4.98 Å². The van der Waals surface area contributed by atoms with Crippen molar-refractivity contribution in [2.75, 3.05) is 12.6 Å². The van der Waals surface area contributed by atoms with E-state index < -0.39 is 0 Å². The van der Waals surface area contributed by atoms with Crippen LogP contribution in [0.25, 0.3) is 22.4 Å². The Kier molecular flexibility index (Phi) is 3.95. The van der Waals surface area contributed by atoms with Crippen molar-refractivity contribution in [1.82, 2.24) is 10.1 Å². The zero-order valence-electron chi connectivity index (χ0n) is 13.1. The lowest BCUT2D eigenvalue weighted by atomic mass is 10.1. The Balaban J connectivity index is 1.58. The summed E-state index contributed by atoms with van der Waals surface area (Å²) in [4.78, 5) is 10.3. The number of thiol groups is 1. The van der Waals surface area contributed by atoms with Crippen LogP contribution in [-0.2, 0) is 0 Å². The fourth-order valence-corrected chi connectivity index (χ4v) is 2.65. The van der Waals surface area contributed by atoms with Crippen molar-refractivity contribution in [2.24, 2.45) is 0 Å². The number of hydrogen-bond acceptors (Lipinski definition) is 8. The summed E-state index contributed by atoms with van der Waals surface area (Å²) in [6.45, 7) is 0. The third kappa shape index (κ3) is 2.87. The molecule has 0 aliphatic heterocycles. The first-order valence-electron chi connectivity index (χ1n) is 7.34. The minimum atomic E-state index is 0.449. The summed E-state index contributed by atoms with van der Waals surface area (Å²) in [6, 6.07) is 10.9. The molecule has 0 fully saturated rings. The minimum absolute atomic E-state index is 0.449. The van der Waals surface area contributed by atoms with Crippen LogP contribution in [0.3, 0.4) is 0 Å². The Morgan fingerprint density at radius 1 is 1.16 bits per heavy atom. The summed E-state index contributed by atoms with van der Waals surface area (Å²) >= 11 is 4.39. The van der Waals surface area contributed by atoms with Crippen molar-refractivity contribution in [3.05, 3.63) is 48.9 Å². The van der Waals surface area contributed by atoms with Gasteiger partial charge < -0.3 is 18.5 Å². The molecular formula is C17H13N3O4S. The third-order valence-corrected chi connectivity index (χ3v) is 4.03. The van der Waals surface area contributed by atoms with E-state index in [1.807, 2.05) is 12.1 Å². The van der Waals surface area contributed by atoms with Crippen molar-refractivity contribution in [1.29, 1.82) is 0 Å². The SMILES string of the molecule is COc1cccc(ONc2noc3cc(-c4ncco4)ccc23)c1S. The van der Waals surface area contributed by atoms with E-state index in [1.54, 1.807) is 37.6 Å². The Hall–Kier alpha value is -3.13. The summed E-state index contributed by atoms with van der Waals surface area (Å²) in [5.74, 6) is 2.09. The van der Waals surface area contributed by atoms with Gasteiger partial charge in [-0.05, 0) is 30.3 Å². The molecule has 0 spiro atoms. The Bertz CT molecular complexity index is 1010. The van der Waals surface area contributed by atoms with E-state index in [2.05, 4.69) is 28.2 Å². The maximum absolute atomic E-state index is 5.57. The highest BCUT2D eigenvalue weighted by molar-refractivity contribution is 7.80. The normalized spacial score (nSPS) is 10.8. The van der Waals surface area contributed by atoms with Crippen molar-refractivity contribution < 1.29 is 18.5 Å². The monoisotopic (exact) mass is 355 g/mol. The van der Waals surface area contributed by atoms with Crippen LogP contribution in [-0.4, -0.2) is 17.3 Å². The standard InChI is InChI=1S/C17H13N3O4S/c1-21-12-3-2-4-13(15(12)25)23-19-16-11-6-5-10(9-14(11)24-20-16)17-18-7-8-22-17/h2-9,25H,1H3,(H,19,20). The molecule has 25 heavy (non-hydrogen) atoms. The molecule has 0 bridgehead atoms. The van der Waals surface area contributed by atoms with Crippen LogP contribution >= 0.6 is 12.6 Å².